The van der Waals surface area contributed by atoms with Crippen molar-refractivity contribution in [3.05, 3.63) is 230 Å². The lowest BCUT2D eigenvalue weighted by molar-refractivity contribution is 1.17. The van der Waals surface area contributed by atoms with Crippen molar-refractivity contribution in [2.75, 3.05) is 0 Å². The fraction of sp³-hybridized carbons (Fsp3) is 0. The average molecular weight is 753 g/mol. The molecule has 0 fully saturated rings. The highest BCUT2D eigenvalue weighted by Gasteiger charge is 2.42. The van der Waals surface area contributed by atoms with Crippen LogP contribution in [0.15, 0.2) is 230 Å². The van der Waals surface area contributed by atoms with Crippen LogP contribution in [0.2, 0.25) is 0 Å². The first-order valence-electron chi connectivity index (χ1n) is 23.9. The maximum Gasteiger partial charge on any atom is 0.179 e. The molecule has 2 nitrogen and oxygen atoms in total. The average Bonchev–Trinajstić information content (AvgIpc) is 3.87. The van der Waals surface area contributed by atoms with Gasteiger partial charge in [-0.3, -0.25) is 0 Å². The second-order valence-electron chi connectivity index (χ2n) is 14.2. The van der Waals surface area contributed by atoms with Crippen LogP contribution in [0.1, 0.15) is 13.7 Å². The van der Waals surface area contributed by atoms with Gasteiger partial charge < -0.3 is 9.13 Å². The van der Waals surface area contributed by atoms with Crippen LogP contribution in [0.25, 0.3) is 66.1 Å². The van der Waals surface area contributed by atoms with Gasteiger partial charge in [-0.15, -0.1) is 0 Å². The van der Waals surface area contributed by atoms with Crippen LogP contribution in [0.5, 0.6) is 0 Å². The summed E-state index contributed by atoms with van der Waals surface area (Å²) >= 11 is 0. The molecule has 0 spiro atoms. The van der Waals surface area contributed by atoms with Crippen LogP contribution in [0.4, 0.5) is 0 Å². The van der Waals surface area contributed by atoms with Crippen LogP contribution in [-0.2, 0) is 0 Å². The lowest BCUT2D eigenvalue weighted by Gasteiger charge is -2.35. The van der Waals surface area contributed by atoms with Crippen LogP contribution in [0.3, 0.4) is 0 Å². The van der Waals surface area contributed by atoms with E-state index in [4.69, 9.17) is 13.7 Å². The Balaban J connectivity index is 1.21. The van der Waals surface area contributed by atoms with E-state index in [1.165, 1.54) is 0 Å². The molecule has 0 unspecified atom stereocenters. The summed E-state index contributed by atoms with van der Waals surface area (Å²) in [6.07, 6.45) is 0. The molecule has 0 amide bonds. The molecule has 57 heavy (non-hydrogen) atoms. The molecule has 268 valence electrons. The van der Waals surface area contributed by atoms with Crippen molar-refractivity contribution >= 4 is 72.4 Å². The van der Waals surface area contributed by atoms with Crippen molar-refractivity contribution in [3.63, 3.8) is 0 Å². The van der Waals surface area contributed by atoms with Gasteiger partial charge in [-0.05, 0) is 80.4 Å². The van der Waals surface area contributed by atoms with Gasteiger partial charge in [0.2, 0.25) is 0 Å². The minimum Gasteiger partial charge on any atom is -0.309 e. The molecule has 11 rings (SSSR count). The molecular formula is C54H38N2Si. The molecule has 0 N–H and O–H groups in total. The highest BCUT2D eigenvalue weighted by molar-refractivity contribution is 7.20. The van der Waals surface area contributed by atoms with E-state index in [-0.39, 0.29) is 47.5 Å². The zero-order valence-corrected chi connectivity index (χ0v) is 31.6. The molecule has 0 bridgehead atoms. The van der Waals surface area contributed by atoms with E-state index in [1.807, 2.05) is 103 Å². The lowest BCUT2D eigenvalue weighted by atomic mass is 10.1. The number of hydrogen-bond acceptors (Lipinski definition) is 0. The van der Waals surface area contributed by atoms with Gasteiger partial charge in [0.15, 0.2) is 8.07 Å². The van der Waals surface area contributed by atoms with Gasteiger partial charge in [0.1, 0.15) is 0 Å². The lowest BCUT2D eigenvalue weighted by Crippen LogP contribution is -2.74. The molecule has 11 aromatic rings. The first kappa shape index (κ1) is 24.3. The van der Waals surface area contributed by atoms with E-state index in [0.717, 1.165) is 59.0 Å². The third kappa shape index (κ3) is 5.24. The van der Waals surface area contributed by atoms with Crippen molar-refractivity contribution in [1.29, 1.82) is 0 Å². The largest absolute Gasteiger partial charge is 0.309 e. The zero-order valence-electron chi connectivity index (χ0n) is 40.6. The molecule has 0 aliphatic rings. The quantitative estimate of drug-likeness (QED) is 0.113. The molecule has 0 saturated heterocycles. The standard InChI is InChI=1S/C54H38N2Si/c1-5-18-39(19-6-1)40-20-17-27-45(36-40)57(43-23-9-3-10-24-43,44-25-11-4-12-26-44)46-33-34-49-47-28-13-15-30-51(47)56(54(49)38-46)42-32-35-53-50(37-42)48-29-14-16-31-52(48)55(53)41-21-7-2-8-22-41/h1-38H/i1D,2D,5D,6D,7D,8D,18D,19D,21D,22D. The van der Waals surface area contributed by atoms with Crippen LogP contribution in [0, 0.1) is 0 Å². The number of rotatable bonds is 7. The van der Waals surface area contributed by atoms with E-state index in [2.05, 4.69) is 71.3 Å². The summed E-state index contributed by atoms with van der Waals surface area (Å²) in [4.78, 5) is 0. The Kier molecular flexibility index (Phi) is 5.77. The second kappa shape index (κ2) is 13.5. The summed E-state index contributed by atoms with van der Waals surface area (Å²) in [7, 11) is -3.31. The van der Waals surface area contributed by atoms with Crippen LogP contribution in [-0.4, -0.2) is 17.2 Å². The number of para-hydroxylation sites is 3. The number of fused-ring (bicyclic) bond motifs is 6. The van der Waals surface area contributed by atoms with E-state index >= 15 is 0 Å². The van der Waals surface area contributed by atoms with E-state index in [0.29, 0.717) is 16.6 Å². The summed E-state index contributed by atoms with van der Waals surface area (Å²) in [6.45, 7) is 0. The van der Waals surface area contributed by atoms with E-state index in [1.54, 1.807) is 4.57 Å². The Hall–Kier alpha value is -7.20. The summed E-state index contributed by atoms with van der Waals surface area (Å²) < 4.78 is 90.3. The number of nitrogens with zero attached hydrogens (tertiary/aromatic N) is 2. The highest BCUT2D eigenvalue weighted by Crippen LogP contribution is 2.37. The van der Waals surface area contributed by atoms with Gasteiger partial charge in [0.05, 0.1) is 35.8 Å². The maximum atomic E-state index is 8.92. The predicted molar refractivity (Wildman–Crippen MR) is 244 cm³/mol. The van der Waals surface area contributed by atoms with Crippen molar-refractivity contribution in [2.24, 2.45) is 0 Å². The number of hydrogen-bond donors (Lipinski definition) is 0. The van der Waals surface area contributed by atoms with Gasteiger partial charge in [0, 0.05) is 32.9 Å². The molecule has 0 radical (unpaired) electrons. The predicted octanol–water partition coefficient (Wildman–Crippen LogP) is 10.9. The first-order valence-corrected chi connectivity index (χ1v) is 20.9. The number of benzene rings is 9. The van der Waals surface area contributed by atoms with Crippen molar-refractivity contribution in [2.45, 2.75) is 0 Å². The van der Waals surface area contributed by atoms with Crippen LogP contribution < -0.4 is 20.7 Å². The Labute approximate surface area is 347 Å². The van der Waals surface area contributed by atoms with Gasteiger partial charge >= 0.3 is 0 Å². The Morgan fingerprint density at radius 3 is 1.53 bits per heavy atom. The van der Waals surface area contributed by atoms with Gasteiger partial charge in [0.25, 0.3) is 0 Å². The molecule has 0 aliphatic heterocycles. The fourth-order valence-corrected chi connectivity index (χ4v) is 13.6. The first-order chi connectivity index (χ1) is 32.4. The van der Waals surface area contributed by atoms with E-state index in [9.17, 15) is 0 Å². The van der Waals surface area contributed by atoms with Crippen molar-refractivity contribution in [3.8, 4) is 22.5 Å². The molecule has 0 saturated carbocycles. The minimum atomic E-state index is -3.31. The van der Waals surface area contributed by atoms with E-state index < -0.39 is 32.2 Å². The molecule has 0 aliphatic carbocycles. The molecule has 0 atom stereocenters. The summed E-state index contributed by atoms with van der Waals surface area (Å²) in [5.74, 6) is 0. The minimum absolute atomic E-state index is 0.0882. The Morgan fingerprint density at radius 2 is 0.842 bits per heavy atom. The second-order valence-corrected chi connectivity index (χ2v) is 18.0. The van der Waals surface area contributed by atoms with Crippen molar-refractivity contribution in [1.82, 2.24) is 9.13 Å². The fourth-order valence-electron chi connectivity index (χ4n) is 8.86. The summed E-state index contributed by atoms with van der Waals surface area (Å²) in [5, 5.41) is 8.05. The SMILES string of the molecule is [2H]c1c([2H])c([2H])c(-c2cccc([Si](c3ccccc3)(c3ccccc3)c3ccc4c5ccccc5n(-c5ccc6c(c5)c5ccccc5n6-c5c([2H])c([2H])c([2H])c([2H])c5[2H])c4c3)c2)c([2H])c1[2H]. The normalized spacial score (nSPS) is 14.3. The Bertz CT molecular complexity index is 3730. The molecule has 2 heterocycles. The monoisotopic (exact) mass is 752 g/mol. The van der Waals surface area contributed by atoms with Gasteiger partial charge in [-0.25, -0.2) is 0 Å². The maximum absolute atomic E-state index is 8.92. The van der Waals surface area contributed by atoms with Crippen molar-refractivity contribution < 1.29 is 13.7 Å². The number of aromatic nitrogens is 2. The molecular weight excluding hydrogens is 705 g/mol. The summed E-state index contributed by atoms with van der Waals surface area (Å²) in [6, 6.07) is 54.0. The molecule has 3 heteroatoms. The summed E-state index contributed by atoms with van der Waals surface area (Å²) in [5.41, 5.74) is 4.99. The topological polar surface area (TPSA) is 9.86 Å². The third-order valence-corrected chi connectivity index (χ3v) is 16.0. The highest BCUT2D eigenvalue weighted by atomic mass is 28.3. The third-order valence-electron chi connectivity index (χ3n) is 11.2. The molecule has 9 aromatic carbocycles. The smallest absolute Gasteiger partial charge is 0.179 e. The zero-order chi connectivity index (χ0) is 46.5. The Morgan fingerprint density at radius 1 is 0.316 bits per heavy atom. The van der Waals surface area contributed by atoms with Gasteiger partial charge in [-0.2, -0.15) is 0 Å². The van der Waals surface area contributed by atoms with Crippen LogP contribution >= 0.6 is 0 Å². The molecule has 2 aromatic heterocycles. The van der Waals surface area contributed by atoms with Gasteiger partial charge in [-0.1, -0.05) is 182 Å².